The van der Waals surface area contributed by atoms with Crippen molar-refractivity contribution >= 4 is 12.0 Å². The third kappa shape index (κ3) is 5.77. The van der Waals surface area contributed by atoms with E-state index in [0.717, 1.165) is 18.9 Å². The lowest BCUT2D eigenvalue weighted by Crippen LogP contribution is -2.39. The van der Waals surface area contributed by atoms with Crippen molar-refractivity contribution in [1.29, 1.82) is 0 Å². The minimum atomic E-state index is -1.66. The van der Waals surface area contributed by atoms with Crippen molar-refractivity contribution in [2.24, 2.45) is 11.7 Å². The van der Waals surface area contributed by atoms with Gasteiger partial charge in [-0.05, 0) is 51.2 Å². The van der Waals surface area contributed by atoms with E-state index in [-0.39, 0.29) is 30.0 Å². The average molecular weight is 550 g/mol. The second-order valence-electron chi connectivity index (χ2n) is 10.7. The SMILES string of the molecule is C[C@H](Oc1cnc(N2C[C@H](c3cc(F)c(F)cc3F)[C@@H](N)C2)nc1)C1CCN(c2nc(C(C)(C)F)no2)CC1. The van der Waals surface area contributed by atoms with Gasteiger partial charge in [0.25, 0.3) is 0 Å². The molecule has 210 valence electrons. The Morgan fingerprint density at radius 2 is 1.69 bits per heavy atom. The van der Waals surface area contributed by atoms with Crippen molar-refractivity contribution < 1.29 is 26.8 Å². The average Bonchev–Trinajstić information content (AvgIpc) is 3.54. The van der Waals surface area contributed by atoms with Gasteiger partial charge in [-0.2, -0.15) is 4.98 Å². The molecule has 0 unspecified atom stereocenters. The highest BCUT2D eigenvalue weighted by molar-refractivity contribution is 5.39. The first-order valence-corrected chi connectivity index (χ1v) is 12.9. The van der Waals surface area contributed by atoms with Crippen LogP contribution in [0, 0.1) is 23.4 Å². The maximum absolute atomic E-state index is 14.3. The predicted octanol–water partition coefficient (Wildman–Crippen LogP) is 4.10. The molecule has 4 heterocycles. The maximum atomic E-state index is 14.3. The Morgan fingerprint density at radius 1 is 1.03 bits per heavy atom. The Kier molecular flexibility index (Phi) is 7.36. The molecule has 2 N–H and O–H groups in total. The zero-order chi connectivity index (χ0) is 27.9. The highest BCUT2D eigenvalue weighted by Gasteiger charge is 2.35. The van der Waals surface area contributed by atoms with E-state index in [0.29, 0.717) is 43.4 Å². The number of hydrogen-bond donors (Lipinski definition) is 1. The van der Waals surface area contributed by atoms with Crippen LogP contribution in [0.4, 0.5) is 29.5 Å². The molecule has 2 saturated heterocycles. The van der Waals surface area contributed by atoms with Crippen LogP contribution in [0.5, 0.6) is 5.75 Å². The molecule has 0 aliphatic carbocycles. The number of hydrogen-bond acceptors (Lipinski definition) is 9. The summed E-state index contributed by atoms with van der Waals surface area (Å²) in [5.41, 5.74) is 4.58. The number of rotatable bonds is 7. The fraction of sp³-hybridized carbons (Fsp3) is 0.538. The molecule has 0 saturated carbocycles. The number of benzene rings is 1. The standard InChI is InChI=1S/C26H31F4N7O2/c1-14(15-4-6-36(7-5-15)25-34-23(35-39-25)26(2,3)30)38-16-10-32-24(33-11-16)37-12-18(22(31)13-37)17-8-20(28)21(29)9-19(17)27/h8-11,14-15,18,22H,4-7,12-13,31H2,1-3H3/t14-,18+,22-/m0/s1. The predicted molar refractivity (Wildman–Crippen MR) is 135 cm³/mol. The third-order valence-corrected chi connectivity index (χ3v) is 7.44. The van der Waals surface area contributed by atoms with Crippen LogP contribution in [0.25, 0.3) is 0 Å². The van der Waals surface area contributed by atoms with Gasteiger partial charge >= 0.3 is 6.01 Å². The first kappa shape index (κ1) is 27.1. The molecule has 5 rings (SSSR count). The topological polar surface area (TPSA) is 106 Å². The van der Waals surface area contributed by atoms with E-state index in [4.69, 9.17) is 15.0 Å². The van der Waals surface area contributed by atoms with Crippen molar-refractivity contribution in [3.05, 3.63) is 53.4 Å². The number of halogens is 4. The maximum Gasteiger partial charge on any atom is 0.324 e. The highest BCUT2D eigenvalue weighted by Crippen LogP contribution is 2.32. The summed E-state index contributed by atoms with van der Waals surface area (Å²) in [6.07, 6.45) is 4.69. The lowest BCUT2D eigenvalue weighted by atomic mass is 9.92. The van der Waals surface area contributed by atoms with Gasteiger partial charge in [0.05, 0.1) is 18.5 Å². The van der Waals surface area contributed by atoms with Crippen molar-refractivity contribution in [1.82, 2.24) is 20.1 Å². The zero-order valence-electron chi connectivity index (χ0n) is 22.0. The van der Waals surface area contributed by atoms with Crippen LogP contribution in [0.1, 0.15) is 50.9 Å². The molecular weight excluding hydrogens is 518 g/mol. The van der Waals surface area contributed by atoms with E-state index in [2.05, 4.69) is 20.1 Å². The summed E-state index contributed by atoms with van der Waals surface area (Å²) in [6.45, 7) is 6.72. The smallest absolute Gasteiger partial charge is 0.324 e. The highest BCUT2D eigenvalue weighted by atomic mass is 19.2. The summed E-state index contributed by atoms with van der Waals surface area (Å²) in [5, 5.41) is 3.75. The van der Waals surface area contributed by atoms with Crippen LogP contribution in [-0.4, -0.2) is 58.4 Å². The minimum absolute atomic E-state index is 0.0303. The zero-order valence-corrected chi connectivity index (χ0v) is 22.0. The van der Waals surface area contributed by atoms with E-state index in [9.17, 15) is 17.6 Å². The molecule has 1 aromatic carbocycles. The second kappa shape index (κ2) is 10.6. The van der Waals surface area contributed by atoms with E-state index in [1.54, 1.807) is 17.3 Å². The molecular formula is C26H31F4N7O2. The Balaban J connectivity index is 1.15. The Labute approximate surface area is 223 Å². The molecule has 0 amide bonds. The summed E-state index contributed by atoms with van der Waals surface area (Å²) in [6, 6.07) is 1.23. The molecule has 2 aliphatic rings. The summed E-state index contributed by atoms with van der Waals surface area (Å²) >= 11 is 0. The molecule has 2 fully saturated rings. The molecule has 2 aliphatic heterocycles. The van der Waals surface area contributed by atoms with Gasteiger partial charge < -0.3 is 24.8 Å². The van der Waals surface area contributed by atoms with Gasteiger partial charge in [-0.1, -0.05) is 5.16 Å². The van der Waals surface area contributed by atoms with E-state index < -0.39 is 35.1 Å². The molecule has 3 atom stereocenters. The van der Waals surface area contributed by atoms with E-state index in [1.807, 2.05) is 11.8 Å². The largest absolute Gasteiger partial charge is 0.487 e. The first-order chi connectivity index (χ1) is 18.5. The summed E-state index contributed by atoms with van der Waals surface area (Å²) in [5.74, 6) is -2.52. The number of nitrogens with two attached hydrogens (primary N) is 1. The summed E-state index contributed by atoms with van der Waals surface area (Å²) in [4.78, 5) is 16.7. The van der Waals surface area contributed by atoms with Gasteiger partial charge in [-0.15, -0.1) is 0 Å². The van der Waals surface area contributed by atoms with Crippen molar-refractivity contribution in [3.63, 3.8) is 0 Å². The minimum Gasteiger partial charge on any atom is -0.487 e. The van der Waals surface area contributed by atoms with Crippen molar-refractivity contribution in [3.8, 4) is 5.75 Å². The van der Waals surface area contributed by atoms with Gasteiger partial charge in [0.1, 0.15) is 5.82 Å². The van der Waals surface area contributed by atoms with Gasteiger partial charge in [0, 0.05) is 44.2 Å². The summed E-state index contributed by atoms with van der Waals surface area (Å²) in [7, 11) is 0. The number of ether oxygens (including phenoxy) is 1. The molecule has 0 bridgehead atoms. The Hall–Kier alpha value is -3.48. The number of nitrogens with zero attached hydrogens (tertiary/aromatic N) is 6. The summed E-state index contributed by atoms with van der Waals surface area (Å²) < 4.78 is 66.8. The van der Waals surface area contributed by atoms with Gasteiger partial charge in [-0.25, -0.2) is 27.5 Å². The molecule has 9 nitrogen and oxygen atoms in total. The van der Waals surface area contributed by atoms with Crippen LogP contribution in [0.15, 0.2) is 29.0 Å². The number of anilines is 2. The molecule has 13 heteroatoms. The molecule has 0 spiro atoms. The lowest BCUT2D eigenvalue weighted by molar-refractivity contribution is 0.131. The van der Waals surface area contributed by atoms with E-state index in [1.165, 1.54) is 13.8 Å². The van der Waals surface area contributed by atoms with Crippen LogP contribution >= 0.6 is 0 Å². The number of piperidine rings is 1. The lowest BCUT2D eigenvalue weighted by Gasteiger charge is -2.33. The Bertz CT molecular complexity index is 1290. The fourth-order valence-corrected chi connectivity index (χ4v) is 5.13. The first-order valence-electron chi connectivity index (χ1n) is 12.9. The number of alkyl halides is 1. The third-order valence-electron chi connectivity index (χ3n) is 7.44. The van der Waals surface area contributed by atoms with Crippen LogP contribution in [0.3, 0.4) is 0 Å². The monoisotopic (exact) mass is 549 g/mol. The van der Waals surface area contributed by atoms with Crippen LogP contribution < -0.4 is 20.3 Å². The normalized spacial score (nSPS) is 21.4. The molecule has 39 heavy (non-hydrogen) atoms. The van der Waals surface area contributed by atoms with Gasteiger partial charge in [0.2, 0.25) is 11.8 Å². The van der Waals surface area contributed by atoms with Crippen LogP contribution in [-0.2, 0) is 5.67 Å². The quantitative estimate of drug-likeness (QED) is 0.344. The molecule has 2 aromatic heterocycles. The van der Waals surface area contributed by atoms with Crippen LogP contribution in [0.2, 0.25) is 0 Å². The fourth-order valence-electron chi connectivity index (χ4n) is 5.13. The molecule has 0 radical (unpaired) electrons. The Morgan fingerprint density at radius 3 is 2.33 bits per heavy atom. The van der Waals surface area contributed by atoms with Crippen molar-refractivity contribution in [2.75, 3.05) is 36.0 Å². The second-order valence-corrected chi connectivity index (χ2v) is 10.7. The molecule has 3 aromatic rings. The van der Waals surface area contributed by atoms with Gasteiger partial charge in [-0.3, -0.25) is 0 Å². The van der Waals surface area contributed by atoms with Gasteiger partial charge in [0.15, 0.2) is 23.1 Å². The van der Waals surface area contributed by atoms with E-state index >= 15 is 0 Å². The van der Waals surface area contributed by atoms with Crippen molar-refractivity contribution in [2.45, 2.75) is 57.3 Å². The number of aromatic nitrogens is 4.